The number of imidazole rings is 1. The molecule has 0 bridgehead atoms. The van der Waals surface area contributed by atoms with Gasteiger partial charge in [-0.1, -0.05) is 127 Å². The van der Waals surface area contributed by atoms with Gasteiger partial charge < -0.3 is 4.74 Å². The Hall–Kier alpha value is -6.26. The topological polar surface area (TPSA) is 30.9 Å². The van der Waals surface area contributed by atoms with E-state index in [-0.39, 0.29) is 57.7 Å². The van der Waals surface area contributed by atoms with Crippen LogP contribution in [0.1, 0.15) is 17.9 Å². The van der Waals surface area contributed by atoms with Gasteiger partial charge in [0, 0.05) is 11.8 Å². The lowest BCUT2D eigenvalue weighted by molar-refractivity contribution is -0.571. The molecule has 0 atom stereocenters. The van der Waals surface area contributed by atoms with E-state index in [1.807, 2.05) is 95.6 Å². The summed E-state index contributed by atoms with van der Waals surface area (Å²) >= 11 is 0. The van der Waals surface area contributed by atoms with Crippen LogP contribution in [0.15, 0.2) is 170 Å². The smallest absolute Gasteiger partial charge is 0.269 e. The zero-order valence-electron chi connectivity index (χ0n) is 34.2. The number of hydrogen-bond acceptors (Lipinski definition) is 2. The third-order valence-corrected chi connectivity index (χ3v) is 7.72. The molecule has 0 aliphatic rings. The van der Waals surface area contributed by atoms with Crippen LogP contribution in [-0.2, 0) is 0 Å². The Morgan fingerprint density at radius 2 is 1.43 bits per heavy atom. The number of benzene rings is 6. The summed E-state index contributed by atoms with van der Waals surface area (Å²) in [5, 5.41) is 0. The quantitative estimate of drug-likeness (QED) is 0.132. The number of para-hydroxylation sites is 3. The number of hydrogen-bond donors (Lipinski definition) is 0. The van der Waals surface area contributed by atoms with Crippen molar-refractivity contribution >= 4 is 11.0 Å². The number of fused-ring (bicyclic) bond motifs is 1. The molecule has 0 unspecified atom stereocenters. The molecule has 2 heterocycles. The standard InChI is InChI=1S/C43H31N3O/c1-31-13-9-16-33(27-31)39-22-12-21-38(32-14-3-2-4-15-32)43(39)46-30-45(41-24-5-6-25-42(41)46)35-18-11-20-37(29-35)47-36-19-10-17-34(28-36)40-23-7-8-26-44-40/h2-29H,1H3/i2D,3D,4D,9D,13D,14D,15D,16D,27D. The molecule has 0 aliphatic heterocycles. The minimum Gasteiger partial charge on any atom is -0.458 e. The molecule has 0 fully saturated rings. The van der Waals surface area contributed by atoms with Crippen molar-refractivity contribution in [1.29, 1.82) is 0 Å². The van der Waals surface area contributed by atoms with Crippen molar-refractivity contribution in [3.05, 3.63) is 182 Å². The van der Waals surface area contributed by atoms with E-state index < -0.39 is 30.2 Å². The maximum Gasteiger partial charge on any atom is 0.269 e. The largest absolute Gasteiger partial charge is 0.458 e. The highest BCUT2D eigenvalue weighted by Crippen LogP contribution is 2.35. The van der Waals surface area contributed by atoms with Crippen molar-refractivity contribution in [3.63, 3.8) is 0 Å². The van der Waals surface area contributed by atoms with E-state index in [1.54, 1.807) is 35.9 Å². The predicted molar refractivity (Wildman–Crippen MR) is 189 cm³/mol. The van der Waals surface area contributed by atoms with Gasteiger partial charge in [0.05, 0.1) is 40.4 Å². The van der Waals surface area contributed by atoms with Gasteiger partial charge in [-0.15, -0.1) is 0 Å². The van der Waals surface area contributed by atoms with Gasteiger partial charge in [0.1, 0.15) is 11.5 Å². The van der Waals surface area contributed by atoms with E-state index in [1.165, 1.54) is 0 Å². The molecule has 0 N–H and O–H groups in total. The summed E-state index contributed by atoms with van der Waals surface area (Å²) in [4.78, 5) is 4.45. The molecule has 8 rings (SSSR count). The van der Waals surface area contributed by atoms with Crippen molar-refractivity contribution in [1.82, 2.24) is 9.55 Å². The molecule has 0 saturated carbocycles. The molecule has 0 amide bonds. The zero-order chi connectivity index (χ0) is 39.4. The molecule has 0 spiro atoms. The Balaban J connectivity index is 1.36. The average molecular weight is 615 g/mol. The minimum atomic E-state index is -0.537. The lowest BCUT2D eigenvalue weighted by atomic mass is 9.95. The van der Waals surface area contributed by atoms with Crippen LogP contribution in [0.4, 0.5) is 0 Å². The first kappa shape index (κ1) is 20.0. The summed E-state index contributed by atoms with van der Waals surface area (Å²) < 4.78 is 88.0. The summed E-state index contributed by atoms with van der Waals surface area (Å²) in [6, 6.07) is 29.7. The Morgan fingerprint density at radius 1 is 0.681 bits per heavy atom. The van der Waals surface area contributed by atoms with Crippen molar-refractivity contribution < 1.29 is 21.6 Å². The molecule has 0 saturated heterocycles. The van der Waals surface area contributed by atoms with Crippen LogP contribution in [-0.4, -0.2) is 9.55 Å². The van der Waals surface area contributed by atoms with Crippen LogP contribution in [0, 0.1) is 13.3 Å². The second-order valence-electron chi connectivity index (χ2n) is 10.8. The van der Waals surface area contributed by atoms with Crippen molar-refractivity contribution in [2.24, 2.45) is 0 Å². The molecular formula is C43H31N3O. The van der Waals surface area contributed by atoms with Crippen molar-refractivity contribution in [2.45, 2.75) is 6.92 Å². The Kier molecular flexibility index (Phi) is 5.21. The van der Waals surface area contributed by atoms with Gasteiger partial charge in [-0.3, -0.25) is 14.1 Å². The second kappa shape index (κ2) is 12.3. The molecule has 47 heavy (non-hydrogen) atoms. The van der Waals surface area contributed by atoms with E-state index in [0.29, 0.717) is 28.2 Å². The van der Waals surface area contributed by atoms with Gasteiger partial charge in [0.25, 0.3) is 6.33 Å². The van der Waals surface area contributed by atoms with Crippen LogP contribution in [0.25, 0.3) is 55.9 Å². The lowest BCUT2D eigenvalue weighted by Gasteiger charge is -2.17. The van der Waals surface area contributed by atoms with Gasteiger partial charge in [-0.2, -0.15) is 0 Å². The van der Waals surface area contributed by atoms with Gasteiger partial charge in [-0.05, 0) is 71.6 Å². The first-order chi connectivity index (χ1) is 27.0. The highest BCUT2D eigenvalue weighted by Gasteiger charge is 2.19. The summed E-state index contributed by atoms with van der Waals surface area (Å²) in [5.74, 6) is 1.16. The summed E-state index contributed by atoms with van der Waals surface area (Å²) in [6.45, 7) is 1.56. The van der Waals surface area contributed by atoms with Crippen molar-refractivity contribution in [2.75, 3.05) is 0 Å². The molecule has 0 aliphatic carbocycles. The molecule has 6 aromatic carbocycles. The SMILES string of the molecule is [2H]c1c([2H])c([2H])c(-c2cccc(-c3c([2H])c([2H])c([2H])c(C)c3[2H])c2-[n+]2[c-]n(-c3cccc(Oc4cccc(-c5ccccn5)c4)c3)c3ccccc32)c([2H])c1[2H]. The van der Waals surface area contributed by atoms with Crippen LogP contribution in [0.5, 0.6) is 11.5 Å². The Bertz CT molecular complexity index is 2710. The van der Waals surface area contributed by atoms with Crippen LogP contribution >= 0.6 is 0 Å². The van der Waals surface area contributed by atoms with Crippen LogP contribution in [0.2, 0.25) is 0 Å². The van der Waals surface area contributed by atoms with E-state index in [2.05, 4.69) is 11.3 Å². The fourth-order valence-electron chi connectivity index (χ4n) is 5.64. The summed E-state index contributed by atoms with van der Waals surface area (Å²) in [7, 11) is 0. The van der Waals surface area contributed by atoms with E-state index in [0.717, 1.165) is 11.3 Å². The number of aromatic nitrogens is 3. The third kappa shape index (κ3) is 5.58. The number of rotatable bonds is 7. The maximum atomic E-state index is 9.08. The number of pyridine rings is 1. The summed E-state index contributed by atoms with van der Waals surface area (Å²) in [6.07, 6.45) is 5.17. The normalized spacial score (nSPS) is 13.8. The molecule has 4 nitrogen and oxygen atoms in total. The van der Waals surface area contributed by atoms with Gasteiger partial charge in [0.15, 0.2) is 0 Å². The lowest BCUT2D eigenvalue weighted by Crippen LogP contribution is -2.31. The van der Waals surface area contributed by atoms with E-state index >= 15 is 0 Å². The monoisotopic (exact) mass is 614 g/mol. The van der Waals surface area contributed by atoms with Crippen molar-refractivity contribution in [3.8, 4) is 56.4 Å². The van der Waals surface area contributed by atoms with Gasteiger partial charge in [-0.25, -0.2) is 0 Å². The Morgan fingerprint density at radius 3 is 2.28 bits per heavy atom. The number of nitrogens with zero attached hydrogens (tertiary/aromatic N) is 3. The molecular weight excluding hydrogens is 574 g/mol. The fourth-order valence-corrected chi connectivity index (χ4v) is 5.64. The minimum absolute atomic E-state index is 0.0637. The van der Waals surface area contributed by atoms with Crippen LogP contribution < -0.4 is 9.30 Å². The molecule has 4 heteroatoms. The number of ether oxygens (including phenoxy) is 1. The van der Waals surface area contributed by atoms with Gasteiger partial charge >= 0.3 is 0 Å². The average Bonchev–Trinajstić information content (AvgIpc) is 3.61. The fraction of sp³-hybridized carbons (Fsp3) is 0.0233. The van der Waals surface area contributed by atoms with Crippen LogP contribution in [0.3, 0.4) is 0 Å². The zero-order valence-corrected chi connectivity index (χ0v) is 25.2. The first-order valence-electron chi connectivity index (χ1n) is 19.5. The van der Waals surface area contributed by atoms with Gasteiger partial charge in [0.2, 0.25) is 0 Å². The molecule has 8 aromatic rings. The highest BCUT2D eigenvalue weighted by molar-refractivity contribution is 5.84. The Labute approximate surface area is 287 Å². The second-order valence-corrected chi connectivity index (χ2v) is 10.8. The summed E-state index contributed by atoms with van der Waals surface area (Å²) in [5.41, 5.74) is 4.67. The molecule has 224 valence electrons. The molecule has 2 aromatic heterocycles. The van der Waals surface area contributed by atoms with E-state index in [9.17, 15) is 0 Å². The first-order valence-corrected chi connectivity index (χ1v) is 15.0. The van der Waals surface area contributed by atoms with E-state index in [4.69, 9.17) is 17.1 Å². The third-order valence-electron chi connectivity index (χ3n) is 7.72. The predicted octanol–water partition coefficient (Wildman–Crippen LogP) is 10.2. The molecule has 0 radical (unpaired) electrons. The maximum absolute atomic E-state index is 9.08. The highest BCUT2D eigenvalue weighted by atomic mass is 16.5.